The summed E-state index contributed by atoms with van der Waals surface area (Å²) in [6.45, 7) is 9.77. The van der Waals surface area contributed by atoms with Crippen LogP contribution in [0.15, 0.2) is 0 Å². The average Bonchev–Trinajstić information content (AvgIpc) is 2.14. The van der Waals surface area contributed by atoms with Crippen molar-refractivity contribution in [2.75, 3.05) is 38.6 Å². The molecule has 0 amide bonds. The van der Waals surface area contributed by atoms with Gasteiger partial charge in [-0.05, 0) is 0 Å². The molecule has 0 spiro atoms. The average molecular weight is 221 g/mol. The lowest BCUT2D eigenvalue weighted by atomic mass is 10.4. The number of hydrogen-bond donors (Lipinski definition) is 0. The molecule has 0 radical (unpaired) electrons. The Morgan fingerprint density at radius 2 is 2.00 bits per heavy atom. The fourth-order valence-electron chi connectivity index (χ4n) is 1.18. The first-order valence-corrected chi connectivity index (χ1v) is 7.25. The smallest absolute Gasteiger partial charge is 0.0594 e. The normalized spacial score (nSPS) is 19.6. The van der Waals surface area contributed by atoms with E-state index in [2.05, 4.69) is 18.7 Å². The van der Waals surface area contributed by atoms with Crippen molar-refractivity contribution in [3.63, 3.8) is 0 Å². The molecule has 0 aromatic carbocycles. The molecule has 4 heteroatoms. The van der Waals surface area contributed by atoms with E-state index in [4.69, 9.17) is 4.74 Å². The van der Waals surface area contributed by atoms with Crippen molar-refractivity contribution in [2.24, 2.45) is 0 Å². The number of ether oxygens (including phenoxy) is 1. The van der Waals surface area contributed by atoms with Crippen LogP contribution in [0.25, 0.3) is 0 Å². The van der Waals surface area contributed by atoms with Crippen LogP contribution in [-0.2, 0) is 4.74 Å². The van der Waals surface area contributed by atoms with E-state index in [-0.39, 0.29) is 0 Å². The van der Waals surface area contributed by atoms with Gasteiger partial charge in [0.25, 0.3) is 0 Å². The van der Waals surface area contributed by atoms with Crippen LogP contribution in [0.3, 0.4) is 0 Å². The predicted molar refractivity (Wildman–Crippen MR) is 62.4 cm³/mol. The molecule has 1 aliphatic rings. The SMILES string of the molecule is CC(C)SSCCN1CCOCC1. The van der Waals surface area contributed by atoms with E-state index < -0.39 is 0 Å². The van der Waals surface area contributed by atoms with Crippen LogP contribution in [0.4, 0.5) is 0 Å². The first-order chi connectivity index (χ1) is 6.29. The van der Waals surface area contributed by atoms with Crippen molar-refractivity contribution in [1.82, 2.24) is 4.90 Å². The number of rotatable bonds is 5. The van der Waals surface area contributed by atoms with Gasteiger partial charge in [-0.2, -0.15) is 0 Å². The molecule has 0 aliphatic carbocycles. The van der Waals surface area contributed by atoms with Crippen molar-refractivity contribution < 1.29 is 4.74 Å². The maximum atomic E-state index is 5.29. The summed E-state index contributed by atoms with van der Waals surface area (Å²) in [6.07, 6.45) is 0. The maximum Gasteiger partial charge on any atom is 0.0594 e. The lowest BCUT2D eigenvalue weighted by molar-refractivity contribution is 0.0410. The summed E-state index contributed by atoms with van der Waals surface area (Å²) in [5.74, 6) is 1.24. The van der Waals surface area contributed by atoms with Gasteiger partial charge in [-0.1, -0.05) is 35.4 Å². The minimum atomic E-state index is 0.745. The van der Waals surface area contributed by atoms with E-state index in [9.17, 15) is 0 Å². The van der Waals surface area contributed by atoms with Crippen molar-refractivity contribution in [3.05, 3.63) is 0 Å². The second kappa shape index (κ2) is 6.98. The van der Waals surface area contributed by atoms with Crippen LogP contribution >= 0.6 is 21.6 Å². The Labute approximate surface area is 89.2 Å². The molecule has 0 atom stereocenters. The van der Waals surface area contributed by atoms with Gasteiger partial charge in [0, 0.05) is 30.6 Å². The van der Waals surface area contributed by atoms with Crippen LogP contribution < -0.4 is 0 Å². The van der Waals surface area contributed by atoms with Crippen LogP contribution in [0, 0.1) is 0 Å². The lowest BCUT2D eigenvalue weighted by Crippen LogP contribution is -2.37. The maximum absolute atomic E-state index is 5.29. The molecule has 1 saturated heterocycles. The van der Waals surface area contributed by atoms with Crippen LogP contribution in [0.2, 0.25) is 0 Å². The van der Waals surface area contributed by atoms with E-state index in [1.807, 2.05) is 21.6 Å². The number of morpholine rings is 1. The first kappa shape index (κ1) is 11.7. The molecule has 0 N–H and O–H groups in total. The highest BCUT2D eigenvalue weighted by Crippen LogP contribution is 2.25. The second-order valence-corrected chi connectivity index (χ2v) is 6.48. The molecule has 0 unspecified atom stereocenters. The van der Waals surface area contributed by atoms with Gasteiger partial charge in [0.2, 0.25) is 0 Å². The summed E-state index contributed by atoms with van der Waals surface area (Å²) < 4.78 is 5.29. The van der Waals surface area contributed by atoms with Gasteiger partial charge < -0.3 is 4.74 Å². The molecule has 2 nitrogen and oxygen atoms in total. The minimum absolute atomic E-state index is 0.745. The topological polar surface area (TPSA) is 12.5 Å². The lowest BCUT2D eigenvalue weighted by Gasteiger charge is -2.26. The molecule has 13 heavy (non-hydrogen) atoms. The van der Waals surface area contributed by atoms with Crippen LogP contribution in [-0.4, -0.2) is 48.8 Å². The third-order valence-electron chi connectivity index (χ3n) is 1.86. The third kappa shape index (κ3) is 5.83. The Hall–Kier alpha value is 0.620. The Morgan fingerprint density at radius 1 is 1.31 bits per heavy atom. The zero-order valence-corrected chi connectivity index (χ0v) is 10.1. The summed E-state index contributed by atoms with van der Waals surface area (Å²) in [6, 6.07) is 0. The molecule has 0 aromatic heterocycles. The van der Waals surface area contributed by atoms with Gasteiger partial charge in [-0.15, -0.1) is 0 Å². The van der Waals surface area contributed by atoms with E-state index in [0.29, 0.717) is 0 Å². The molecule has 0 bridgehead atoms. The van der Waals surface area contributed by atoms with Crippen LogP contribution in [0.1, 0.15) is 13.8 Å². The van der Waals surface area contributed by atoms with Crippen molar-refractivity contribution in [2.45, 2.75) is 19.1 Å². The molecule has 1 fully saturated rings. The summed E-state index contributed by atoms with van der Waals surface area (Å²) in [5, 5.41) is 0.745. The van der Waals surface area contributed by atoms with E-state index in [1.54, 1.807) is 0 Å². The van der Waals surface area contributed by atoms with Gasteiger partial charge >= 0.3 is 0 Å². The van der Waals surface area contributed by atoms with Gasteiger partial charge in [-0.3, -0.25) is 4.90 Å². The molecule has 0 saturated carbocycles. The Morgan fingerprint density at radius 3 is 2.62 bits per heavy atom. The van der Waals surface area contributed by atoms with Crippen molar-refractivity contribution in [1.29, 1.82) is 0 Å². The fraction of sp³-hybridized carbons (Fsp3) is 1.00. The fourth-order valence-corrected chi connectivity index (χ4v) is 3.21. The zero-order chi connectivity index (χ0) is 9.52. The van der Waals surface area contributed by atoms with Crippen molar-refractivity contribution >= 4 is 21.6 Å². The van der Waals surface area contributed by atoms with E-state index in [0.717, 1.165) is 31.6 Å². The number of hydrogen-bond acceptors (Lipinski definition) is 4. The summed E-state index contributed by atoms with van der Waals surface area (Å²) >= 11 is 0. The summed E-state index contributed by atoms with van der Waals surface area (Å²) in [7, 11) is 3.97. The largest absolute Gasteiger partial charge is 0.379 e. The van der Waals surface area contributed by atoms with Crippen LogP contribution in [0.5, 0.6) is 0 Å². The zero-order valence-electron chi connectivity index (χ0n) is 8.49. The van der Waals surface area contributed by atoms with Gasteiger partial charge in [0.05, 0.1) is 13.2 Å². The van der Waals surface area contributed by atoms with Gasteiger partial charge in [0.15, 0.2) is 0 Å². The van der Waals surface area contributed by atoms with Gasteiger partial charge in [-0.25, -0.2) is 0 Å². The molecular formula is C9H19NOS2. The predicted octanol–water partition coefficient (Wildman–Crippen LogP) is 2.11. The molecule has 1 rings (SSSR count). The standard InChI is InChI=1S/C9H19NOS2/c1-9(2)13-12-8-5-10-3-6-11-7-4-10/h9H,3-8H2,1-2H3. The molecule has 78 valence electrons. The number of nitrogens with zero attached hydrogens (tertiary/aromatic N) is 1. The summed E-state index contributed by atoms with van der Waals surface area (Å²) in [4.78, 5) is 2.48. The highest BCUT2D eigenvalue weighted by molar-refractivity contribution is 8.76. The highest BCUT2D eigenvalue weighted by Gasteiger charge is 2.09. The molecule has 0 aromatic rings. The quantitative estimate of drug-likeness (QED) is 0.520. The van der Waals surface area contributed by atoms with E-state index >= 15 is 0 Å². The summed E-state index contributed by atoms with van der Waals surface area (Å²) in [5.41, 5.74) is 0. The Kier molecular flexibility index (Phi) is 6.28. The Balaban J connectivity index is 1.92. The van der Waals surface area contributed by atoms with Gasteiger partial charge in [0.1, 0.15) is 0 Å². The highest BCUT2D eigenvalue weighted by atomic mass is 33.1. The molecule has 1 heterocycles. The Bertz CT molecular complexity index is 127. The van der Waals surface area contributed by atoms with E-state index in [1.165, 1.54) is 12.3 Å². The first-order valence-electron chi connectivity index (χ1n) is 4.87. The second-order valence-electron chi connectivity index (χ2n) is 3.42. The molecule has 1 aliphatic heterocycles. The minimum Gasteiger partial charge on any atom is -0.379 e. The molecular weight excluding hydrogens is 202 g/mol. The third-order valence-corrected chi connectivity index (χ3v) is 4.79. The monoisotopic (exact) mass is 221 g/mol. The van der Waals surface area contributed by atoms with Crippen molar-refractivity contribution in [3.8, 4) is 0 Å².